The Morgan fingerprint density at radius 1 is 0.686 bits per heavy atom. The number of fused-ring (bicyclic) bond motifs is 3. The third-order valence-corrected chi connectivity index (χ3v) is 6.25. The average molecular weight is 488 g/mol. The van der Waals surface area contributed by atoms with Crippen LogP contribution in [0.4, 0.5) is 0 Å². The maximum Gasteiger partial charge on any atom is 0.245 e. The molecule has 5 aromatic rings. The predicted molar refractivity (Wildman–Crippen MR) is 137 cm³/mol. The van der Waals surface area contributed by atoms with Gasteiger partial charge in [-0.1, -0.05) is 23.7 Å². The molecule has 0 atom stereocenters. The van der Waals surface area contributed by atoms with Crippen molar-refractivity contribution in [3.8, 4) is 45.5 Å². The fourth-order valence-electron chi connectivity index (χ4n) is 4.25. The van der Waals surface area contributed by atoms with Crippen molar-refractivity contribution in [1.29, 1.82) is 0 Å². The first kappa shape index (κ1) is 22.7. The molecule has 0 N–H and O–H groups in total. The lowest BCUT2D eigenvalue weighted by Gasteiger charge is -2.12. The molecule has 0 aliphatic heterocycles. The van der Waals surface area contributed by atoms with E-state index in [0.29, 0.717) is 28.0 Å². The predicted octanol–water partition coefficient (Wildman–Crippen LogP) is 6.00. The Morgan fingerprint density at radius 3 is 2.00 bits per heavy atom. The Bertz CT molecular complexity index is 1550. The monoisotopic (exact) mass is 487 g/mol. The van der Waals surface area contributed by atoms with Crippen LogP contribution in [0, 0.1) is 0 Å². The molecule has 2 aromatic heterocycles. The zero-order chi connectivity index (χ0) is 24.5. The van der Waals surface area contributed by atoms with E-state index in [-0.39, 0.29) is 0 Å². The Morgan fingerprint density at radius 2 is 1.31 bits per heavy atom. The summed E-state index contributed by atoms with van der Waals surface area (Å²) in [6.07, 6.45) is 4.04. The molecule has 6 nitrogen and oxygen atoms in total. The highest BCUT2D eigenvalue weighted by molar-refractivity contribution is 6.30. The molecule has 0 radical (unpaired) electrons. The lowest BCUT2D eigenvalue weighted by molar-refractivity contribution is -0.510. The number of aromatic nitrogens is 2. The second-order valence-corrected chi connectivity index (χ2v) is 8.35. The van der Waals surface area contributed by atoms with Gasteiger partial charge in [0.1, 0.15) is 11.4 Å². The van der Waals surface area contributed by atoms with E-state index in [1.54, 1.807) is 28.4 Å². The van der Waals surface area contributed by atoms with E-state index in [2.05, 4.69) is 4.40 Å². The molecule has 0 fully saturated rings. The fourth-order valence-corrected chi connectivity index (χ4v) is 4.37. The van der Waals surface area contributed by atoms with Gasteiger partial charge < -0.3 is 18.9 Å². The highest BCUT2D eigenvalue weighted by Crippen LogP contribution is 2.38. The number of halogens is 1. The highest BCUT2D eigenvalue weighted by Gasteiger charge is 2.22. The first-order chi connectivity index (χ1) is 17.1. The van der Waals surface area contributed by atoms with E-state index < -0.39 is 0 Å². The summed E-state index contributed by atoms with van der Waals surface area (Å²) >= 11 is 6.13. The maximum absolute atomic E-state index is 6.13. The topological polar surface area (TPSA) is 53.9 Å². The van der Waals surface area contributed by atoms with Crippen LogP contribution in [-0.4, -0.2) is 33.4 Å². The van der Waals surface area contributed by atoms with Gasteiger partial charge in [-0.2, -0.15) is 4.40 Å². The van der Waals surface area contributed by atoms with Crippen LogP contribution in [0.3, 0.4) is 0 Å². The first-order valence-corrected chi connectivity index (χ1v) is 11.3. The van der Waals surface area contributed by atoms with Crippen molar-refractivity contribution in [1.82, 2.24) is 4.98 Å². The van der Waals surface area contributed by atoms with Gasteiger partial charge in [0.2, 0.25) is 11.7 Å². The summed E-state index contributed by atoms with van der Waals surface area (Å²) in [6.45, 7) is 0. The van der Waals surface area contributed by atoms with Crippen LogP contribution < -0.4 is 23.3 Å². The third kappa shape index (κ3) is 4.06. The summed E-state index contributed by atoms with van der Waals surface area (Å²) in [5.74, 6) is 2.59. The van der Waals surface area contributed by atoms with Crippen molar-refractivity contribution in [2.45, 2.75) is 0 Å². The van der Waals surface area contributed by atoms with E-state index in [4.69, 9.17) is 35.5 Å². The molecule has 0 saturated heterocycles. The molecule has 0 unspecified atom stereocenters. The van der Waals surface area contributed by atoms with Crippen LogP contribution in [0.5, 0.6) is 23.0 Å². The van der Waals surface area contributed by atoms with Crippen molar-refractivity contribution in [3.05, 3.63) is 78.1 Å². The Hall–Kier alpha value is -4.03. The number of benzene rings is 3. The first-order valence-electron chi connectivity index (χ1n) is 11.0. The molecule has 5 rings (SSSR count). The SMILES string of the molecule is COc1ccc(-c2nc(-c3ccc(Cl)cc3)c[n+]3ccc4cc(OC)c(OC)cc4c23)cc1OC. The van der Waals surface area contributed by atoms with Gasteiger partial charge in [-0.05, 0) is 47.9 Å². The quantitative estimate of drug-likeness (QED) is 0.217. The lowest BCUT2D eigenvalue weighted by atomic mass is 10.0. The van der Waals surface area contributed by atoms with Gasteiger partial charge in [0.25, 0.3) is 0 Å². The second-order valence-electron chi connectivity index (χ2n) is 7.92. The number of hydrogen-bond acceptors (Lipinski definition) is 5. The van der Waals surface area contributed by atoms with E-state index in [1.165, 1.54) is 0 Å². The number of hydrogen-bond donors (Lipinski definition) is 0. The summed E-state index contributed by atoms with van der Waals surface area (Å²) in [7, 11) is 6.51. The van der Waals surface area contributed by atoms with Crippen LogP contribution in [0.2, 0.25) is 5.02 Å². The molecule has 0 aliphatic carbocycles. The van der Waals surface area contributed by atoms with Crippen LogP contribution in [0.1, 0.15) is 0 Å². The Labute approximate surface area is 208 Å². The highest BCUT2D eigenvalue weighted by atomic mass is 35.5. The normalized spacial score (nSPS) is 11.0. The van der Waals surface area contributed by atoms with Gasteiger partial charge in [-0.3, -0.25) is 0 Å². The molecule has 0 spiro atoms. The smallest absolute Gasteiger partial charge is 0.245 e. The molecule has 35 heavy (non-hydrogen) atoms. The standard InChI is InChI=1S/C28H24ClN2O4/c1-32-23-10-7-19(14-24(23)33-2)27-28-21-15-26(35-4)25(34-3)13-18(21)11-12-31(28)16-22(30-27)17-5-8-20(29)9-6-17/h5-16H,1-4H3/q+1. The number of ether oxygens (including phenoxy) is 4. The Balaban J connectivity index is 1.87. The van der Waals surface area contributed by atoms with Crippen molar-refractivity contribution in [2.24, 2.45) is 0 Å². The Kier molecular flexibility index (Phi) is 6.05. The third-order valence-electron chi connectivity index (χ3n) is 6.00. The summed E-state index contributed by atoms with van der Waals surface area (Å²) in [5, 5.41) is 2.66. The van der Waals surface area contributed by atoms with Crippen LogP contribution in [0.15, 0.2) is 73.1 Å². The molecule has 0 amide bonds. The summed E-state index contributed by atoms with van der Waals surface area (Å²) in [5.41, 5.74) is 4.37. The van der Waals surface area contributed by atoms with E-state index in [0.717, 1.165) is 38.8 Å². The van der Waals surface area contributed by atoms with Gasteiger partial charge in [0, 0.05) is 22.2 Å². The van der Waals surface area contributed by atoms with E-state index in [9.17, 15) is 0 Å². The number of rotatable bonds is 6. The maximum atomic E-state index is 6.13. The van der Waals surface area contributed by atoms with Gasteiger partial charge in [-0.25, -0.2) is 4.98 Å². The molecular weight excluding hydrogens is 464 g/mol. The summed E-state index contributed by atoms with van der Waals surface area (Å²) < 4.78 is 24.2. The fraction of sp³-hybridized carbons (Fsp3) is 0.143. The van der Waals surface area contributed by atoms with Crippen molar-refractivity contribution in [3.63, 3.8) is 0 Å². The van der Waals surface area contributed by atoms with Crippen molar-refractivity contribution < 1.29 is 23.3 Å². The second kappa shape index (κ2) is 9.31. The van der Waals surface area contributed by atoms with Crippen molar-refractivity contribution in [2.75, 3.05) is 28.4 Å². The average Bonchev–Trinajstić information content (AvgIpc) is 2.91. The number of nitrogens with zero attached hydrogens (tertiary/aromatic N) is 2. The molecular formula is C28H24ClN2O4+. The van der Waals surface area contributed by atoms with Gasteiger partial charge >= 0.3 is 0 Å². The molecule has 0 aliphatic rings. The largest absolute Gasteiger partial charge is 0.493 e. The molecule has 7 heteroatoms. The minimum atomic E-state index is 0.626. The van der Waals surface area contributed by atoms with E-state index >= 15 is 0 Å². The van der Waals surface area contributed by atoms with Gasteiger partial charge in [0.15, 0.2) is 29.2 Å². The molecule has 176 valence electrons. The molecule has 3 aromatic carbocycles. The van der Waals surface area contributed by atoms with Gasteiger partial charge in [-0.15, -0.1) is 0 Å². The molecule has 0 saturated carbocycles. The number of methoxy groups -OCH3 is 4. The molecule has 0 bridgehead atoms. The minimum Gasteiger partial charge on any atom is -0.493 e. The zero-order valence-corrected chi connectivity index (χ0v) is 20.6. The number of pyridine rings is 1. The summed E-state index contributed by atoms with van der Waals surface area (Å²) in [4.78, 5) is 5.12. The van der Waals surface area contributed by atoms with Crippen molar-refractivity contribution >= 4 is 27.9 Å². The van der Waals surface area contributed by atoms with E-state index in [1.807, 2.05) is 73.1 Å². The minimum absolute atomic E-state index is 0.626. The zero-order valence-electron chi connectivity index (χ0n) is 19.8. The lowest BCUT2D eigenvalue weighted by Crippen LogP contribution is -2.23. The van der Waals surface area contributed by atoms with Gasteiger partial charge in [0.05, 0.1) is 33.8 Å². The molecule has 2 heterocycles. The summed E-state index contributed by atoms with van der Waals surface area (Å²) in [6, 6.07) is 19.5. The van der Waals surface area contributed by atoms with Crippen LogP contribution in [0.25, 0.3) is 38.8 Å². The van der Waals surface area contributed by atoms with Crippen LogP contribution >= 0.6 is 11.6 Å². The van der Waals surface area contributed by atoms with Crippen LogP contribution in [-0.2, 0) is 0 Å².